The molecule has 0 saturated carbocycles. The fourth-order valence-electron chi connectivity index (χ4n) is 2.13. The molecule has 0 aromatic carbocycles. The van der Waals surface area contributed by atoms with Gasteiger partial charge in [-0.2, -0.15) is 0 Å². The maximum Gasteiger partial charge on any atom is 0.251 e. The van der Waals surface area contributed by atoms with E-state index in [0.29, 0.717) is 5.92 Å². The van der Waals surface area contributed by atoms with E-state index < -0.39 is 0 Å². The molecule has 1 saturated heterocycles. The Morgan fingerprint density at radius 2 is 2.38 bits per heavy atom. The van der Waals surface area contributed by atoms with E-state index in [4.69, 9.17) is 5.84 Å². The Morgan fingerprint density at radius 1 is 1.69 bits per heavy atom. The lowest BCUT2D eigenvalue weighted by atomic mass is 10.0. The van der Waals surface area contributed by atoms with E-state index in [1.165, 1.54) is 12.8 Å². The minimum atomic E-state index is -0.0545. The minimum absolute atomic E-state index is 0.0125. The number of carbonyl (C=O) groups is 1. The summed E-state index contributed by atoms with van der Waals surface area (Å²) in [6.07, 6.45) is 3.35. The SMILES string of the molecule is CCC[C@@H]1C[C@@H](C(=O)NN)N(C)C1. The van der Waals surface area contributed by atoms with Gasteiger partial charge in [0, 0.05) is 6.54 Å². The van der Waals surface area contributed by atoms with Crippen LogP contribution < -0.4 is 11.3 Å². The van der Waals surface area contributed by atoms with E-state index >= 15 is 0 Å². The summed E-state index contributed by atoms with van der Waals surface area (Å²) in [6, 6.07) is -0.0125. The minimum Gasteiger partial charge on any atom is -0.295 e. The van der Waals surface area contributed by atoms with Gasteiger partial charge in [-0.3, -0.25) is 15.1 Å². The molecule has 4 heteroatoms. The highest BCUT2D eigenvalue weighted by atomic mass is 16.2. The molecule has 1 aliphatic rings. The monoisotopic (exact) mass is 185 g/mol. The quantitative estimate of drug-likeness (QED) is 0.372. The van der Waals surface area contributed by atoms with Crippen LogP contribution in [0.3, 0.4) is 0 Å². The van der Waals surface area contributed by atoms with Crippen molar-refractivity contribution in [3.05, 3.63) is 0 Å². The lowest BCUT2D eigenvalue weighted by Gasteiger charge is -2.16. The molecule has 3 N–H and O–H groups in total. The summed E-state index contributed by atoms with van der Waals surface area (Å²) in [7, 11) is 1.98. The van der Waals surface area contributed by atoms with Crippen molar-refractivity contribution < 1.29 is 4.79 Å². The van der Waals surface area contributed by atoms with E-state index in [1.54, 1.807) is 0 Å². The molecule has 1 fully saturated rings. The van der Waals surface area contributed by atoms with Crippen LogP contribution in [0.5, 0.6) is 0 Å². The van der Waals surface area contributed by atoms with Gasteiger partial charge in [-0.1, -0.05) is 13.3 Å². The molecular weight excluding hydrogens is 166 g/mol. The van der Waals surface area contributed by atoms with Crippen LogP contribution in [0.2, 0.25) is 0 Å². The molecule has 0 spiro atoms. The van der Waals surface area contributed by atoms with E-state index in [9.17, 15) is 4.79 Å². The largest absolute Gasteiger partial charge is 0.295 e. The third kappa shape index (κ3) is 2.42. The highest BCUT2D eigenvalue weighted by Crippen LogP contribution is 2.25. The van der Waals surface area contributed by atoms with Crippen LogP contribution in [0.25, 0.3) is 0 Å². The maximum absolute atomic E-state index is 11.3. The van der Waals surface area contributed by atoms with Gasteiger partial charge < -0.3 is 0 Å². The van der Waals surface area contributed by atoms with Gasteiger partial charge in [-0.25, -0.2) is 5.84 Å². The first-order valence-corrected chi connectivity index (χ1v) is 4.89. The van der Waals surface area contributed by atoms with Crippen molar-refractivity contribution in [1.82, 2.24) is 10.3 Å². The lowest BCUT2D eigenvalue weighted by Crippen LogP contribution is -2.44. The molecule has 4 nitrogen and oxygen atoms in total. The van der Waals surface area contributed by atoms with E-state index in [1.807, 2.05) is 7.05 Å². The Labute approximate surface area is 79.4 Å². The van der Waals surface area contributed by atoms with Gasteiger partial charge in [-0.05, 0) is 25.8 Å². The van der Waals surface area contributed by atoms with E-state index in [-0.39, 0.29) is 11.9 Å². The summed E-state index contributed by atoms with van der Waals surface area (Å²) < 4.78 is 0. The second-order valence-corrected chi connectivity index (χ2v) is 3.85. The summed E-state index contributed by atoms with van der Waals surface area (Å²) in [6.45, 7) is 3.20. The summed E-state index contributed by atoms with van der Waals surface area (Å²) in [5.41, 5.74) is 2.22. The predicted octanol–water partition coefficient (Wildman–Crippen LogP) is 0.0967. The molecule has 76 valence electrons. The van der Waals surface area contributed by atoms with Crippen LogP contribution in [-0.4, -0.2) is 30.4 Å². The molecule has 0 unspecified atom stereocenters. The zero-order valence-corrected chi connectivity index (χ0v) is 8.42. The molecule has 2 atom stereocenters. The first-order valence-electron chi connectivity index (χ1n) is 4.89. The highest BCUT2D eigenvalue weighted by molar-refractivity contribution is 5.81. The number of amides is 1. The molecular formula is C9H19N3O. The Bertz CT molecular complexity index is 184. The third-order valence-corrected chi connectivity index (χ3v) is 2.78. The number of likely N-dealkylation sites (tertiary alicyclic amines) is 1. The number of likely N-dealkylation sites (N-methyl/N-ethyl adjacent to an activating group) is 1. The number of rotatable bonds is 3. The number of nitrogens with one attached hydrogen (secondary N) is 1. The van der Waals surface area contributed by atoms with Gasteiger partial charge in [-0.15, -0.1) is 0 Å². The normalized spacial score (nSPS) is 29.2. The van der Waals surface area contributed by atoms with Crippen molar-refractivity contribution in [2.24, 2.45) is 11.8 Å². The average molecular weight is 185 g/mol. The van der Waals surface area contributed by atoms with Crippen molar-refractivity contribution in [2.75, 3.05) is 13.6 Å². The zero-order valence-electron chi connectivity index (χ0n) is 8.42. The summed E-state index contributed by atoms with van der Waals surface area (Å²) >= 11 is 0. The Kier molecular flexibility index (Phi) is 3.69. The molecule has 0 radical (unpaired) electrons. The first-order chi connectivity index (χ1) is 6.19. The molecule has 13 heavy (non-hydrogen) atoms. The van der Waals surface area contributed by atoms with Crippen molar-refractivity contribution in [1.29, 1.82) is 0 Å². The topological polar surface area (TPSA) is 58.4 Å². The fraction of sp³-hybridized carbons (Fsp3) is 0.889. The fourth-order valence-corrected chi connectivity index (χ4v) is 2.13. The van der Waals surface area contributed by atoms with Crippen LogP contribution in [-0.2, 0) is 4.79 Å². The van der Waals surface area contributed by atoms with Crippen LogP contribution in [0.1, 0.15) is 26.2 Å². The van der Waals surface area contributed by atoms with Gasteiger partial charge in [0.15, 0.2) is 0 Å². The molecule has 1 aliphatic heterocycles. The smallest absolute Gasteiger partial charge is 0.251 e. The first kappa shape index (κ1) is 10.5. The standard InChI is InChI=1S/C9H19N3O/c1-3-4-7-5-8(9(13)11-10)12(2)6-7/h7-8H,3-6,10H2,1-2H3,(H,11,13)/t7-,8+/m1/s1. The number of hydrazine groups is 1. The van der Waals surface area contributed by atoms with Crippen LogP contribution in [0.15, 0.2) is 0 Å². The van der Waals surface area contributed by atoms with Gasteiger partial charge in [0.05, 0.1) is 6.04 Å². The molecule has 0 bridgehead atoms. The number of hydrogen-bond acceptors (Lipinski definition) is 3. The number of carbonyl (C=O) groups excluding carboxylic acids is 1. The van der Waals surface area contributed by atoms with Crippen molar-refractivity contribution in [3.8, 4) is 0 Å². The number of hydrogen-bond donors (Lipinski definition) is 2. The third-order valence-electron chi connectivity index (χ3n) is 2.78. The molecule has 0 aromatic rings. The van der Waals surface area contributed by atoms with Crippen LogP contribution in [0.4, 0.5) is 0 Å². The van der Waals surface area contributed by atoms with Crippen LogP contribution in [0, 0.1) is 5.92 Å². The average Bonchev–Trinajstić information content (AvgIpc) is 2.46. The van der Waals surface area contributed by atoms with Crippen LogP contribution >= 0.6 is 0 Å². The van der Waals surface area contributed by atoms with Gasteiger partial charge in [0.1, 0.15) is 0 Å². The molecule has 1 amide bonds. The summed E-state index contributed by atoms with van der Waals surface area (Å²) in [4.78, 5) is 13.4. The molecule has 0 aromatic heterocycles. The van der Waals surface area contributed by atoms with Gasteiger partial charge in [0.2, 0.25) is 0 Å². The maximum atomic E-state index is 11.3. The van der Waals surface area contributed by atoms with Crippen molar-refractivity contribution >= 4 is 5.91 Å². The van der Waals surface area contributed by atoms with Gasteiger partial charge >= 0.3 is 0 Å². The zero-order chi connectivity index (χ0) is 9.84. The lowest BCUT2D eigenvalue weighted by molar-refractivity contribution is -0.125. The number of nitrogens with two attached hydrogens (primary N) is 1. The summed E-state index contributed by atoms with van der Waals surface area (Å²) in [5, 5.41) is 0. The molecule has 0 aliphatic carbocycles. The highest BCUT2D eigenvalue weighted by Gasteiger charge is 2.33. The number of nitrogens with zero attached hydrogens (tertiary/aromatic N) is 1. The summed E-state index contributed by atoms with van der Waals surface area (Å²) in [5.74, 6) is 5.72. The second-order valence-electron chi connectivity index (χ2n) is 3.85. The van der Waals surface area contributed by atoms with E-state index in [0.717, 1.165) is 13.0 Å². The van der Waals surface area contributed by atoms with Crippen molar-refractivity contribution in [3.63, 3.8) is 0 Å². The van der Waals surface area contributed by atoms with E-state index in [2.05, 4.69) is 17.2 Å². The Morgan fingerprint density at radius 3 is 2.92 bits per heavy atom. The second kappa shape index (κ2) is 4.58. The molecule has 1 heterocycles. The Hall–Kier alpha value is -0.610. The van der Waals surface area contributed by atoms with Gasteiger partial charge in [0.25, 0.3) is 5.91 Å². The predicted molar refractivity (Wildman–Crippen MR) is 51.8 cm³/mol. The Balaban J connectivity index is 2.46. The van der Waals surface area contributed by atoms with Crippen molar-refractivity contribution in [2.45, 2.75) is 32.2 Å². The molecule has 1 rings (SSSR count).